The first-order chi connectivity index (χ1) is 14.1. The largest absolute Gasteiger partial charge is 0.333 e. The van der Waals surface area contributed by atoms with Gasteiger partial charge in [-0.2, -0.15) is 0 Å². The van der Waals surface area contributed by atoms with Gasteiger partial charge in [-0.3, -0.25) is 0 Å². The van der Waals surface area contributed by atoms with E-state index < -0.39 is 0 Å². The lowest BCUT2D eigenvalue weighted by molar-refractivity contribution is 0.738. The molecular weight excluding hydrogens is 356 g/mol. The Hall–Kier alpha value is -2.56. The molecule has 4 nitrogen and oxygen atoms in total. The van der Waals surface area contributed by atoms with Gasteiger partial charge in [0.15, 0.2) is 0 Å². The van der Waals surface area contributed by atoms with Crippen molar-refractivity contribution in [3.05, 3.63) is 65.0 Å². The number of rotatable bonds is 2. The molecule has 0 spiro atoms. The molecule has 2 aromatic carbocycles. The maximum atomic E-state index is 4.80. The molecular formula is C25H34N4. The summed E-state index contributed by atoms with van der Waals surface area (Å²) in [6.07, 6.45) is 3.36. The Kier molecular flexibility index (Phi) is 8.50. The fourth-order valence-corrected chi connectivity index (χ4v) is 3.60. The molecule has 0 atom stereocenters. The summed E-state index contributed by atoms with van der Waals surface area (Å²) in [5.41, 5.74) is 12.9. The molecule has 154 valence electrons. The van der Waals surface area contributed by atoms with Crippen LogP contribution in [0, 0.1) is 20.8 Å². The zero-order chi connectivity index (χ0) is 21.4. The highest BCUT2D eigenvalue weighted by Crippen LogP contribution is 2.32. The summed E-state index contributed by atoms with van der Waals surface area (Å²) < 4.78 is 0. The highest BCUT2D eigenvalue weighted by molar-refractivity contribution is 5.96. The average molecular weight is 391 g/mol. The predicted molar refractivity (Wildman–Crippen MR) is 126 cm³/mol. The van der Waals surface area contributed by atoms with Gasteiger partial charge >= 0.3 is 0 Å². The van der Waals surface area contributed by atoms with Gasteiger partial charge in [-0.25, -0.2) is 9.97 Å². The van der Waals surface area contributed by atoms with Gasteiger partial charge in [0.1, 0.15) is 5.82 Å². The van der Waals surface area contributed by atoms with E-state index in [4.69, 9.17) is 9.97 Å². The second-order valence-corrected chi connectivity index (χ2v) is 6.86. The minimum absolute atomic E-state index is 0.820. The van der Waals surface area contributed by atoms with Gasteiger partial charge in [0.25, 0.3) is 0 Å². The third-order valence-corrected chi connectivity index (χ3v) is 4.83. The molecule has 3 N–H and O–H groups in total. The molecule has 29 heavy (non-hydrogen) atoms. The molecule has 0 radical (unpaired) electrons. The van der Waals surface area contributed by atoms with Crippen LogP contribution in [0.1, 0.15) is 42.8 Å². The van der Waals surface area contributed by atoms with E-state index in [1.807, 2.05) is 20.8 Å². The predicted octanol–water partition coefficient (Wildman–Crippen LogP) is 5.20. The average Bonchev–Trinajstić information content (AvgIpc) is 2.77. The minimum Gasteiger partial charge on any atom is -0.333 e. The lowest BCUT2D eigenvalue weighted by Gasteiger charge is -2.17. The normalized spacial score (nSPS) is 13.0. The van der Waals surface area contributed by atoms with Crippen molar-refractivity contribution in [3.8, 4) is 11.3 Å². The first kappa shape index (κ1) is 22.7. The van der Waals surface area contributed by atoms with Crippen molar-refractivity contribution < 1.29 is 0 Å². The number of fused-ring (bicyclic) bond motifs is 1. The standard InChI is InChI=1S/C22H23N3.C2H6.CH5N/c1-14-5-4-6-18(11-14)22-20-13-19(17-7-9-23-10-8-17)12-15(2)21(20)24-16(3)25-22;2*1-2/h4-7,11-13,23H,8-10H2,1-3H3;1-2H3;2H2,1H3. The fraction of sp³-hybridized carbons (Fsp3) is 0.360. The number of nitrogens with two attached hydrogens (primary N) is 1. The van der Waals surface area contributed by atoms with Crippen molar-refractivity contribution in [1.82, 2.24) is 15.3 Å². The SMILES string of the molecule is CC.CN.Cc1cccc(-c2nc(C)nc3c(C)cc(C4=CCNCC4)cc23)c1. The van der Waals surface area contributed by atoms with E-state index in [9.17, 15) is 0 Å². The number of aromatic nitrogens is 2. The molecule has 1 aromatic heterocycles. The third-order valence-electron chi connectivity index (χ3n) is 4.83. The Labute approximate surface area is 175 Å². The van der Waals surface area contributed by atoms with Crippen molar-refractivity contribution in [2.24, 2.45) is 5.73 Å². The van der Waals surface area contributed by atoms with Crippen LogP contribution in [0.5, 0.6) is 0 Å². The Morgan fingerprint density at radius 2 is 1.69 bits per heavy atom. The molecule has 0 saturated carbocycles. The summed E-state index contributed by atoms with van der Waals surface area (Å²) in [6.45, 7) is 12.2. The van der Waals surface area contributed by atoms with E-state index >= 15 is 0 Å². The summed E-state index contributed by atoms with van der Waals surface area (Å²) in [5, 5.41) is 4.53. The second-order valence-electron chi connectivity index (χ2n) is 6.86. The Morgan fingerprint density at radius 1 is 0.931 bits per heavy atom. The summed E-state index contributed by atoms with van der Waals surface area (Å²) in [4.78, 5) is 9.52. The smallest absolute Gasteiger partial charge is 0.126 e. The molecule has 0 unspecified atom stereocenters. The van der Waals surface area contributed by atoms with Gasteiger partial charge < -0.3 is 11.1 Å². The molecule has 0 fully saturated rings. The Morgan fingerprint density at radius 3 is 2.34 bits per heavy atom. The first-order valence-corrected chi connectivity index (χ1v) is 10.5. The molecule has 1 aliphatic heterocycles. The molecule has 4 rings (SSSR count). The van der Waals surface area contributed by atoms with Crippen molar-refractivity contribution in [3.63, 3.8) is 0 Å². The van der Waals surface area contributed by atoms with Crippen molar-refractivity contribution in [2.75, 3.05) is 20.1 Å². The van der Waals surface area contributed by atoms with Crippen LogP contribution in [0.3, 0.4) is 0 Å². The van der Waals surface area contributed by atoms with E-state index in [0.717, 1.165) is 47.5 Å². The van der Waals surface area contributed by atoms with E-state index in [-0.39, 0.29) is 0 Å². The minimum atomic E-state index is 0.820. The lowest BCUT2D eigenvalue weighted by Crippen LogP contribution is -2.20. The number of nitrogens with zero attached hydrogens (tertiary/aromatic N) is 2. The summed E-state index contributed by atoms with van der Waals surface area (Å²) in [7, 11) is 1.50. The maximum Gasteiger partial charge on any atom is 0.126 e. The number of benzene rings is 2. The number of aryl methyl sites for hydroxylation is 3. The van der Waals surface area contributed by atoms with Crippen molar-refractivity contribution in [2.45, 2.75) is 41.0 Å². The van der Waals surface area contributed by atoms with Gasteiger partial charge in [0, 0.05) is 17.5 Å². The van der Waals surface area contributed by atoms with E-state index in [1.54, 1.807) is 0 Å². The van der Waals surface area contributed by atoms with Gasteiger partial charge in [-0.15, -0.1) is 0 Å². The lowest BCUT2D eigenvalue weighted by atomic mass is 9.94. The van der Waals surface area contributed by atoms with Crippen molar-refractivity contribution >= 4 is 16.5 Å². The zero-order valence-electron chi connectivity index (χ0n) is 18.6. The third kappa shape index (κ3) is 5.28. The van der Waals surface area contributed by atoms with Crippen LogP contribution in [0.2, 0.25) is 0 Å². The van der Waals surface area contributed by atoms with Crippen LogP contribution >= 0.6 is 0 Å². The number of nitrogens with one attached hydrogen (secondary N) is 1. The van der Waals surface area contributed by atoms with Gasteiger partial charge in [0.05, 0.1) is 11.2 Å². The summed E-state index contributed by atoms with van der Waals surface area (Å²) in [6, 6.07) is 13.1. The number of hydrogen-bond donors (Lipinski definition) is 2. The topological polar surface area (TPSA) is 63.8 Å². The van der Waals surface area contributed by atoms with Crippen LogP contribution < -0.4 is 11.1 Å². The summed E-state index contributed by atoms with van der Waals surface area (Å²) >= 11 is 0. The molecule has 0 aliphatic carbocycles. The fourth-order valence-electron chi connectivity index (χ4n) is 3.60. The van der Waals surface area contributed by atoms with Crippen LogP contribution in [0.4, 0.5) is 0 Å². The summed E-state index contributed by atoms with van der Waals surface area (Å²) in [5.74, 6) is 0.820. The number of hydrogen-bond acceptors (Lipinski definition) is 4. The molecule has 1 aliphatic rings. The van der Waals surface area contributed by atoms with Crippen LogP contribution in [-0.2, 0) is 0 Å². The molecule has 2 heterocycles. The zero-order valence-corrected chi connectivity index (χ0v) is 18.6. The van der Waals surface area contributed by atoms with Gasteiger partial charge in [-0.1, -0.05) is 43.7 Å². The van der Waals surface area contributed by atoms with Crippen molar-refractivity contribution in [1.29, 1.82) is 0 Å². The van der Waals surface area contributed by atoms with Gasteiger partial charge in [0.2, 0.25) is 0 Å². The second kappa shape index (κ2) is 10.8. The van der Waals surface area contributed by atoms with E-state index in [1.165, 1.54) is 29.3 Å². The monoisotopic (exact) mass is 390 g/mol. The molecule has 3 aromatic rings. The molecule has 0 bridgehead atoms. The highest BCUT2D eigenvalue weighted by atomic mass is 14.9. The maximum absolute atomic E-state index is 4.80. The Bertz CT molecular complexity index is 990. The first-order valence-electron chi connectivity index (χ1n) is 10.5. The van der Waals surface area contributed by atoms with Crippen LogP contribution in [0.25, 0.3) is 27.7 Å². The van der Waals surface area contributed by atoms with Gasteiger partial charge in [-0.05, 0) is 75.7 Å². The highest BCUT2D eigenvalue weighted by Gasteiger charge is 2.14. The molecule has 0 saturated heterocycles. The quantitative estimate of drug-likeness (QED) is 0.631. The van der Waals surface area contributed by atoms with Crippen LogP contribution in [0.15, 0.2) is 42.5 Å². The van der Waals surface area contributed by atoms with E-state index in [2.05, 4.69) is 67.4 Å². The molecule has 4 heteroatoms. The Balaban J connectivity index is 0.000000707. The van der Waals surface area contributed by atoms with Crippen LogP contribution in [-0.4, -0.2) is 30.1 Å². The van der Waals surface area contributed by atoms with E-state index in [0.29, 0.717) is 0 Å². The molecule has 0 amide bonds.